The normalized spacial score (nSPS) is 9.38. The molecule has 0 radical (unpaired) electrons. The second kappa shape index (κ2) is 10.0. The standard InChI is InChI=1S/C9H19N3O4/c1-3-16-9(14)12-5-4-10-8(13)11-6-7-15-2/h3-7H2,1-2H3,(H,12,14)(H2,10,11,13). The molecule has 3 amide bonds. The number of hydrogen-bond donors (Lipinski definition) is 3. The smallest absolute Gasteiger partial charge is 0.407 e. The van der Waals surface area contributed by atoms with E-state index in [1.54, 1.807) is 14.0 Å². The van der Waals surface area contributed by atoms with E-state index >= 15 is 0 Å². The first-order valence-electron chi connectivity index (χ1n) is 5.12. The van der Waals surface area contributed by atoms with Gasteiger partial charge in [0.25, 0.3) is 0 Å². The number of urea groups is 1. The SMILES string of the molecule is CCOC(=O)NCCNC(=O)NCCOC. The van der Waals surface area contributed by atoms with E-state index in [1.807, 2.05) is 0 Å². The number of ether oxygens (including phenoxy) is 2. The summed E-state index contributed by atoms with van der Waals surface area (Å²) < 4.78 is 9.39. The summed E-state index contributed by atoms with van der Waals surface area (Å²) in [5, 5.41) is 7.62. The minimum atomic E-state index is -0.482. The number of carbonyl (C=O) groups is 2. The van der Waals surface area contributed by atoms with Crippen molar-refractivity contribution in [2.75, 3.05) is 40.0 Å². The second-order valence-electron chi connectivity index (χ2n) is 2.82. The summed E-state index contributed by atoms with van der Waals surface area (Å²) in [5.74, 6) is 0. The van der Waals surface area contributed by atoms with E-state index < -0.39 is 6.09 Å². The maximum Gasteiger partial charge on any atom is 0.407 e. The lowest BCUT2D eigenvalue weighted by Gasteiger charge is -2.08. The van der Waals surface area contributed by atoms with Crippen molar-refractivity contribution in [3.8, 4) is 0 Å². The highest BCUT2D eigenvalue weighted by Crippen LogP contribution is 1.74. The summed E-state index contributed by atoms with van der Waals surface area (Å²) in [6.07, 6.45) is -0.482. The zero-order chi connectivity index (χ0) is 12.2. The van der Waals surface area contributed by atoms with Crippen molar-refractivity contribution < 1.29 is 19.1 Å². The second-order valence-corrected chi connectivity index (χ2v) is 2.82. The Kier molecular flexibility index (Phi) is 9.09. The van der Waals surface area contributed by atoms with E-state index in [9.17, 15) is 9.59 Å². The summed E-state index contributed by atoms with van der Waals surface area (Å²) in [6.45, 7) is 3.65. The van der Waals surface area contributed by atoms with Gasteiger partial charge in [-0.1, -0.05) is 0 Å². The van der Waals surface area contributed by atoms with Crippen molar-refractivity contribution >= 4 is 12.1 Å². The molecule has 0 rings (SSSR count). The van der Waals surface area contributed by atoms with Crippen LogP contribution >= 0.6 is 0 Å². The van der Waals surface area contributed by atoms with Gasteiger partial charge >= 0.3 is 12.1 Å². The molecule has 0 atom stereocenters. The third-order valence-electron chi connectivity index (χ3n) is 1.55. The van der Waals surface area contributed by atoms with Gasteiger partial charge < -0.3 is 25.4 Å². The van der Waals surface area contributed by atoms with Crippen LogP contribution < -0.4 is 16.0 Å². The highest BCUT2D eigenvalue weighted by molar-refractivity contribution is 5.73. The topological polar surface area (TPSA) is 88.7 Å². The van der Waals surface area contributed by atoms with E-state index in [0.717, 1.165) is 0 Å². The van der Waals surface area contributed by atoms with Crippen molar-refractivity contribution in [2.45, 2.75) is 6.92 Å². The Morgan fingerprint density at radius 2 is 1.69 bits per heavy atom. The zero-order valence-corrected chi connectivity index (χ0v) is 9.67. The maximum absolute atomic E-state index is 11.1. The van der Waals surface area contributed by atoms with Gasteiger partial charge in [-0.05, 0) is 6.92 Å². The Hall–Kier alpha value is -1.50. The molecule has 16 heavy (non-hydrogen) atoms. The largest absolute Gasteiger partial charge is 0.450 e. The van der Waals surface area contributed by atoms with Gasteiger partial charge in [0, 0.05) is 26.7 Å². The van der Waals surface area contributed by atoms with E-state index in [1.165, 1.54) is 0 Å². The van der Waals surface area contributed by atoms with E-state index in [-0.39, 0.29) is 6.03 Å². The Morgan fingerprint density at radius 1 is 1.06 bits per heavy atom. The average molecular weight is 233 g/mol. The molecule has 7 nitrogen and oxygen atoms in total. The molecule has 3 N–H and O–H groups in total. The molecule has 0 heterocycles. The minimum Gasteiger partial charge on any atom is -0.450 e. The van der Waals surface area contributed by atoms with Crippen LogP contribution in [0.5, 0.6) is 0 Å². The molecule has 0 spiro atoms. The molecule has 94 valence electrons. The van der Waals surface area contributed by atoms with Crippen LogP contribution in [0, 0.1) is 0 Å². The Labute approximate surface area is 94.9 Å². The third kappa shape index (κ3) is 9.07. The minimum absolute atomic E-state index is 0.289. The van der Waals surface area contributed by atoms with Crippen LogP contribution in [0.25, 0.3) is 0 Å². The fraction of sp³-hybridized carbons (Fsp3) is 0.778. The lowest BCUT2D eigenvalue weighted by atomic mass is 10.6. The maximum atomic E-state index is 11.1. The van der Waals surface area contributed by atoms with Crippen molar-refractivity contribution in [3.05, 3.63) is 0 Å². The lowest BCUT2D eigenvalue weighted by molar-refractivity contribution is 0.152. The van der Waals surface area contributed by atoms with Crippen LogP contribution in [-0.4, -0.2) is 52.1 Å². The number of amides is 3. The first-order chi connectivity index (χ1) is 7.70. The molecule has 0 bridgehead atoms. The fourth-order valence-corrected chi connectivity index (χ4v) is 0.852. The molecule has 0 aliphatic rings. The van der Waals surface area contributed by atoms with Crippen LogP contribution in [0.1, 0.15) is 6.92 Å². The van der Waals surface area contributed by atoms with Crippen LogP contribution in [0.3, 0.4) is 0 Å². The Balaban J connectivity index is 3.30. The zero-order valence-electron chi connectivity index (χ0n) is 9.67. The first kappa shape index (κ1) is 14.5. The number of carbonyl (C=O) groups excluding carboxylic acids is 2. The molecule has 0 saturated carbocycles. The number of alkyl carbamates (subject to hydrolysis) is 1. The first-order valence-corrected chi connectivity index (χ1v) is 5.12. The molecular weight excluding hydrogens is 214 g/mol. The highest BCUT2D eigenvalue weighted by Gasteiger charge is 2.00. The predicted molar refractivity (Wildman–Crippen MR) is 58.3 cm³/mol. The molecule has 0 aromatic carbocycles. The van der Waals surface area contributed by atoms with Crippen molar-refractivity contribution in [2.24, 2.45) is 0 Å². The lowest BCUT2D eigenvalue weighted by Crippen LogP contribution is -2.41. The number of methoxy groups -OCH3 is 1. The van der Waals surface area contributed by atoms with Gasteiger partial charge in [-0.15, -0.1) is 0 Å². The fourth-order valence-electron chi connectivity index (χ4n) is 0.852. The molecule has 0 aliphatic heterocycles. The van der Waals surface area contributed by atoms with Gasteiger partial charge in [0.1, 0.15) is 0 Å². The number of nitrogens with one attached hydrogen (secondary N) is 3. The van der Waals surface area contributed by atoms with Gasteiger partial charge in [-0.2, -0.15) is 0 Å². The van der Waals surface area contributed by atoms with Gasteiger partial charge in [0.2, 0.25) is 0 Å². The van der Waals surface area contributed by atoms with E-state index in [0.29, 0.717) is 32.8 Å². The van der Waals surface area contributed by atoms with Gasteiger partial charge in [-0.3, -0.25) is 0 Å². The third-order valence-corrected chi connectivity index (χ3v) is 1.55. The molecular formula is C9H19N3O4. The Morgan fingerprint density at radius 3 is 2.31 bits per heavy atom. The van der Waals surface area contributed by atoms with Crippen LogP contribution in [0.15, 0.2) is 0 Å². The van der Waals surface area contributed by atoms with Crippen LogP contribution in [0.4, 0.5) is 9.59 Å². The molecule has 0 aliphatic carbocycles. The van der Waals surface area contributed by atoms with E-state index in [2.05, 4.69) is 20.7 Å². The van der Waals surface area contributed by atoms with Gasteiger partial charge in [-0.25, -0.2) is 9.59 Å². The van der Waals surface area contributed by atoms with Crippen LogP contribution in [0.2, 0.25) is 0 Å². The monoisotopic (exact) mass is 233 g/mol. The molecule has 0 fully saturated rings. The van der Waals surface area contributed by atoms with Crippen LogP contribution in [-0.2, 0) is 9.47 Å². The summed E-state index contributed by atoms with van der Waals surface area (Å²) in [4.78, 5) is 21.9. The molecule has 0 saturated heterocycles. The number of rotatable bonds is 7. The van der Waals surface area contributed by atoms with Gasteiger partial charge in [0.15, 0.2) is 0 Å². The predicted octanol–water partition coefficient (Wildman–Crippen LogP) is -0.322. The summed E-state index contributed by atoms with van der Waals surface area (Å²) >= 11 is 0. The summed E-state index contributed by atoms with van der Waals surface area (Å²) in [5.41, 5.74) is 0. The molecule has 7 heteroatoms. The van der Waals surface area contributed by atoms with Crippen molar-refractivity contribution in [1.82, 2.24) is 16.0 Å². The molecule has 0 aromatic heterocycles. The van der Waals surface area contributed by atoms with E-state index in [4.69, 9.17) is 4.74 Å². The highest BCUT2D eigenvalue weighted by atomic mass is 16.5. The van der Waals surface area contributed by atoms with Crippen molar-refractivity contribution in [3.63, 3.8) is 0 Å². The quantitative estimate of drug-likeness (QED) is 0.526. The Bertz CT molecular complexity index is 211. The summed E-state index contributed by atoms with van der Waals surface area (Å²) in [6, 6.07) is -0.289. The van der Waals surface area contributed by atoms with Crippen molar-refractivity contribution in [1.29, 1.82) is 0 Å². The average Bonchev–Trinajstić information content (AvgIpc) is 2.25. The van der Waals surface area contributed by atoms with Gasteiger partial charge in [0.05, 0.1) is 13.2 Å². The molecule has 0 unspecified atom stereocenters. The molecule has 0 aromatic rings. The number of hydrogen-bond acceptors (Lipinski definition) is 4. The summed E-state index contributed by atoms with van der Waals surface area (Å²) in [7, 11) is 1.56.